The van der Waals surface area contributed by atoms with Gasteiger partial charge in [0, 0.05) is 99.2 Å². The lowest BCUT2D eigenvalue weighted by Gasteiger charge is -2.38. The first-order valence-corrected chi connectivity index (χ1v) is 24.4. The summed E-state index contributed by atoms with van der Waals surface area (Å²) < 4.78 is 31.9. The number of amides is 5. The zero-order valence-corrected chi connectivity index (χ0v) is 38.7. The standard InChI is InChI=1S/C49H56N8O8S/c1-5-64-43-29-33(9-16-42(43)63-3)41(31-66(4)62)57-47(59)38-7-6-8-39(45(38)48(57)60)55-22-18-32(19-23-55)17-21-53-25-27-54(28-26-53)34-10-12-35(13-11-34)65-36-14-15-37-40(30-36)52(2)51-46(37)56-24-20-44(58)50-49(56)61/h6-16,29-30,32,41H,5,17-28,31H2,1-4H3,(H,50,58,61). The van der Waals surface area contributed by atoms with Crippen molar-refractivity contribution in [3.8, 4) is 23.0 Å². The van der Waals surface area contributed by atoms with Crippen LogP contribution in [0.4, 0.5) is 22.0 Å². The predicted molar refractivity (Wildman–Crippen MR) is 254 cm³/mol. The van der Waals surface area contributed by atoms with E-state index in [9.17, 15) is 23.4 Å². The number of piperazine rings is 1. The topological polar surface area (TPSA) is 159 Å². The van der Waals surface area contributed by atoms with Crippen molar-refractivity contribution in [3.63, 3.8) is 0 Å². The Balaban J connectivity index is 0.759. The molecule has 1 N–H and O–H groups in total. The van der Waals surface area contributed by atoms with Crippen LogP contribution >= 0.6 is 0 Å². The summed E-state index contributed by atoms with van der Waals surface area (Å²) in [7, 11) is 2.08. The molecule has 2 atom stereocenters. The van der Waals surface area contributed by atoms with Crippen molar-refractivity contribution < 1.29 is 37.6 Å². The lowest BCUT2D eigenvalue weighted by molar-refractivity contribution is -0.120. The molecule has 9 rings (SSSR count). The van der Waals surface area contributed by atoms with Crippen LogP contribution in [0.3, 0.4) is 0 Å². The molecular weight excluding hydrogens is 861 g/mol. The molecule has 4 aromatic carbocycles. The van der Waals surface area contributed by atoms with Crippen LogP contribution in [0.2, 0.25) is 0 Å². The number of aryl methyl sites for hydroxylation is 1. The Morgan fingerprint density at radius 1 is 0.833 bits per heavy atom. The van der Waals surface area contributed by atoms with Gasteiger partial charge in [-0.3, -0.25) is 43.3 Å². The van der Waals surface area contributed by atoms with Gasteiger partial charge in [0.15, 0.2) is 17.3 Å². The fourth-order valence-corrected chi connectivity index (χ4v) is 10.5. The number of carbonyl (C=O) groups excluding carboxylic acids is 4. The molecule has 2 unspecified atom stereocenters. The molecule has 5 heterocycles. The molecule has 5 aromatic rings. The molecule has 16 nitrogen and oxygen atoms in total. The van der Waals surface area contributed by atoms with E-state index in [0.29, 0.717) is 52.3 Å². The van der Waals surface area contributed by atoms with Gasteiger partial charge in [-0.2, -0.15) is 5.10 Å². The minimum absolute atomic E-state index is 0.104. The first kappa shape index (κ1) is 44.7. The molecule has 0 radical (unpaired) electrons. The maximum Gasteiger partial charge on any atom is 0.329 e. The van der Waals surface area contributed by atoms with Gasteiger partial charge in [-0.15, -0.1) is 0 Å². The van der Waals surface area contributed by atoms with E-state index in [1.165, 1.54) is 9.80 Å². The molecule has 346 valence electrons. The van der Waals surface area contributed by atoms with Gasteiger partial charge >= 0.3 is 6.03 Å². The van der Waals surface area contributed by atoms with Crippen LogP contribution in [0.1, 0.15) is 64.9 Å². The van der Waals surface area contributed by atoms with Crippen molar-refractivity contribution in [2.75, 3.05) is 92.8 Å². The zero-order valence-electron chi connectivity index (χ0n) is 37.9. The molecular formula is C49H56N8O8S. The second-order valence-corrected chi connectivity index (χ2v) is 18.8. The van der Waals surface area contributed by atoms with Gasteiger partial charge in [-0.1, -0.05) is 12.1 Å². The molecule has 3 saturated heterocycles. The lowest BCUT2D eigenvalue weighted by Crippen LogP contribution is -2.49. The first-order chi connectivity index (χ1) is 32.0. The summed E-state index contributed by atoms with van der Waals surface area (Å²) in [5.41, 5.74) is 4.23. The molecule has 5 amide bonds. The third-order valence-electron chi connectivity index (χ3n) is 13.2. The Hall–Kier alpha value is -6.46. The summed E-state index contributed by atoms with van der Waals surface area (Å²) in [5.74, 6) is 2.59. The minimum atomic E-state index is -1.30. The van der Waals surface area contributed by atoms with E-state index in [1.54, 1.807) is 42.3 Å². The molecule has 0 spiro atoms. The molecule has 17 heteroatoms. The number of hydrogen-bond acceptors (Lipinski definition) is 12. The average molecular weight is 917 g/mol. The molecule has 3 fully saturated rings. The number of piperidine rings is 1. The second kappa shape index (κ2) is 19.2. The summed E-state index contributed by atoms with van der Waals surface area (Å²) in [6.07, 6.45) is 4.94. The largest absolute Gasteiger partial charge is 0.493 e. The summed E-state index contributed by atoms with van der Waals surface area (Å²) in [6.45, 7) is 9.05. The normalized spacial score (nSPS) is 18.2. The molecule has 0 saturated carbocycles. The van der Waals surface area contributed by atoms with Crippen LogP contribution < -0.4 is 34.2 Å². The lowest BCUT2D eigenvalue weighted by atomic mass is 9.92. The zero-order chi connectivity index (χ0) is 46.1. The monoisotopic (exact) mass is 916 g/mol. The fraction of sp³-hybridized carbons (Fsp3) is 0.408. The number of benzene rings is 4. The quantitative estimate of drug-likeness (QED) is 0.116. The van der Waals surface area contributed by atoms with Gasteiger partial charge in [-0.05, 0) is 105 Å². The number of fused-ring (bicyclic) bond motifs is 2. The summed E-state index contributed by atoms with van der Waals surface area (Å²) in [6, 6.07) is 23.5. The second-order valence-electron chi connectivity index (χ2n) is 17.3. The number of methoxy groups -OCH3 is 1. The highest BCUT2D eigenvalue weighted by Gasteiger charge is 2.43. The molecule has 4 aliphatic heterocycles. The number of nitrogens with zero attached hydrogens (tertiary/aromatic N) is 7. The fourth-order valence-electron chi connectivity index (χ4n) is 9.71. The number of imide groups is 2. The van der Waals surface area contributed by atoms with Gasteiger partial charge in [-0.25, -0.2) is 4.79 Å². The van der Waals surface area contributed by atoms with Crippen molar-refractivity contribution >= 4 is 62.6 Å². The van der Waals surface area contributed by atoms with E-state index < -0.39 is 22.9 Å². The Morgan fingerprint density at radius 2 is 1.59 bits per heavy atom. The van der Waals surface area contributed by atoms with Gasteiger partial charge < -0.3 is 24.0 Å². The predicted octanol–water partition coefficient (Wildman–Crippen LogP) is 6.36. The van der Waals surface area contributed by atoms with E-state index in [-0.39, 0.29) is 36.4 Å². The van der Waals surface area contributed by atoms with Crippen molar-refractivity contribution in [1.29, 1.82) is 0 Å². The third kappa shape index (κ3) is 9.05. The highest BCUT2D eigenvalue weighted by molar-refractivity contribution is 7.84. The third-order valence-corrected chi connectivity index (χ3v) is 14.0. The number of carbonyl (C=O) groups is 4. The number of urea groups is 1. The van der Waals surface area contributed by atoms with Crippen LogP contribution in [0.15, 0.2) is 78.9 Å². The SMILES string of the molecule is CCOc1cc(C(CS(C)=O)N2C(=O)c3cccc(N4CCC(CCN5CCN(c6ccc(Oc7ccc8c(N9CCC(=O)NC9=O)nn(C)c8c7)cc6)CC5)CC4)c3C2=O)ccc1OC. The highest BCUT2D eigenvalue weighted by atomic mass is 32.2. The Morgan fingerprint density at radius 3 is 2.30 bits per heavy atom. The molecule has 0 aliphatic carbocycles. The van der Waals surface area contributed by atoms with E-state index in [4.69, 9.17) is 14.2 Å². The molecule has 66 heavy (non-hydrogen) atoms. The molecule has 0 bridgehead atoms. The molecule has 1 aromatic heterocycles. The van der Waals surface area contributed by atoms with Crippen LogP contribution in [-0.2, 0) is 22.6 Å². The van der Waals surface area contributed by atoms with E-state index in [0.717, 1.165) is 93.1 Å². The van der Waals surface area contributed by atoms with Crippen molar-refractivity contribution in [2.24, 2.45) is 13.0 Å². The van der Waals surface area contributed by atoms with E-state index >= 15 is 0 Å². The van der Waals surface area contributed by atoms with Crippen LogP contribution in [0, 0.1) is 5.92 Å². The first-order valence-electron chi connectivity index (χ1n) is 22.7. The minimum Gasteiger partial charge on any atom is -0.493 e. The Labute approximate surface area is 386 Å². The Bertz CT molecular complexity index is 2670. The van der Waals surface area contributed by atoms with Crippen LogP contribution in [0.25, 0.3) is 10.9 Å². The van der Waals surface area contributed by atoms with Crippen molar-refractivity contribution in [3.05, 3.63) is 95.6 Å². The van der Waals surface area contributed by atoms with Crippen molar-refractivity contribution in [1.82, 2.24) is 24.9 Å². The van der Waals surface area contributed by atoms with Gasteiger partial charge in [0.1, 0.15) is 11.5 Å². The Kier molecular flexibility index (Phi) is 13.0. The summed E-state index contributed by atoms with van der Waals surface area (Å²) >= 11 is 0. The smallest absolute Gasteiger partial charge is 0.329 e. The van der Waals surface area contributed by atoms with E-state index in [2.05, 4.69) is 37.2 Å². The van der Waals surface area contributed by atoms with Gasteiger partial charge in [0.05, 0.1) is 42.1 Å². The number of nitrogens with one attached hydrogen (secondary N) is 1. The maximum absolute atomic E-state index is 14.3. The highest BCUT2D eigenvalue weighted by Crippen LogP contribution is 2.40. The van der Waals surface area contributed by atoms with E-state index in [1.807, 2.05) is 56.4 Å². The molecule has 4 aliphatic rings. The number of hydrogen-bond donors (Lipinski definition) is 1. The number of anilines is 3. The number of rotatable bonds is 15. The number of ether oxygens (including phenoxy) is 3. The number of aromatic nitrogens is 2. The van der Waals surface area contributed by atoms with Crippen LogP contribution in [-0.4, -0.2) is 126 Å². The van der Waals surface area contributed by atoms with Gasteiger partial charge in [0.25, 0.3) is 11.8 Å². The van der Waals surface area contributed by atoms with Crippen molar-refractivity contribution in [2.45, 2.75) is 38.6 Å². The summed E-state index contributed by atoms with van der Waals surface area (Å²) in [5, 5.41) is 7.73. The summed E-state index contributed by atoms with van der Waals surface area (Å²) in [4.78, 5) is 62.5. The van der Waals surface area contributed by atoms with Gasteiger partial charge in [0.2, 0.25) is 5.91 Å². The average Bonchev–Trinajstić information content (AvgIpc) is 3.78. The maximum atomic E-state index is 14.3. The van der Waals surface area contributed by atoms with Crippen LogP contribution in [0.5, 0.6) is 23.0 Å².